The molecule has 1 aliphatic rings. The fourth-order valence-corrected chi connectivity index (χ4v) is 5.20. The van der Waals surface area contributed by atoms with Crippen LogP contribution in [0.5, 0.6) is 0 Å². The Kier molecular flexibility index (Phi) is 7.19. The molecule has 0 atom stereocenters. The molecule has 1 aromatic heterocycles. The molecular weight excluding hydrogens is 422 g/mol. The van der Waals surface area contributed by atoms with E-state index >= 15 is 0 Å². The number of nitrogens with zero attached hydrogens (tertiary/aromatic N) is 2. The minimum atomic E-state index is -0.312. The normalized spacial score (nSPS) is 16.3. The van der Waals surface area contributed by atoms with Crippen molar-refractivity contribution in [1.29, 1.82) is 0 Å². The van der Waals surface area contributed by atoms with Crippen LogP contribution in [-0.4, -0.2) is 54.7 Å². The van der Waals surface area contributed by atoms with Crippen LogP contribution in [0.15, 0.2) is 54.7 Å². The van der Waals surface area contributed by atoms with Gasteiger partial charge in [0.25, 0.3) is 0 Å². The highest BCUT2D eigenvalue weighted by atomic mass is 35.5. The Morgan fingerprint density at radius 3 is 2.59 bits per heavy atom. The van der Waals surface area contributed by atoms with Crippen molar-refractivity contribution in [3.8, 4) is 0 Å². The molecule has 0 bridgehead atoms. The Bertz CT molecular complexity index is 1040. The van der Waals surface area contributed by atoms with Crippen molar-refractivity contribution in [1.82, 2.24) is 9.88 Å². The summed E-state index contributed by atoms with van der Waals surface area (Å²) in [6, 6.07) is 16.1. The van der Waals surface area contributed by atoms with Gasteiger partial charge in [-0.05, 0) is 43.0 Å². The number of methoxy groups -OCH3 is 1. The van der Waals surface area contributed by atoms with Crippen molar-refractivity contribution in [2.24, 2.45) is 0 Å². The second-order valence-corrected chi connectivity index (χ2v) is 9.05. The number of aromatic amines is 1. The quantitative estimate of drug-likeness (QED) is 0.504. The number of aromatic nitrogens is 1. The number of para-hydroxylation sites is 2. The maximum Gasteiger partial charge on any atom is 0.227 e. The lowest BCUT2D eigenvalue weighted by atomic mass is 9.85. The van der Waals surface area contributed by atoms with Crippen LogP contribution >= 0.6 is 11.6 Å². The van der Waals surface area contributed by atoms with E-state index in [2.05, 4.69) is 22.1 Å². The van der Waals surface area contributed by atoms with Crippen LogP contribution in [0.3, 0.4) is 0 Å². The minimum absolute atomic E-state index is 0.150. The second kappa shape index (κ2) is 10.1. The monoisotopic (exact) mass is 453 g/mol. The fourth-order valence-electron chi connectivity index (χ4n) is 4.97. The van der Waals surface area contributed by atoms with Gasteiger partial charge in [0.1, 0.15) is 0 Å². The highest BCUT2D eigenvalue weighted by molar-refractivity contribution is 6.35. The number of likely N-dealkylation sites (tertiary alicyclic amines) is 1. The SMILES string of the molecule is CCC(=O)N(c1ccccc1)C1(COC)CCN(CCc2c[nH]c3c(Cl)cccc23)CC1. The third kappa shape index (κ3) is 4.56. The van der Waals surface area contributed by atoms with E-state index in [1.54, 1.807) is 7.11 Å². The highest BCUT2D eigenvalue weighted by Crippen LogP contribution is 2.35. The predicted octanol–water partition coefficient (Wildman–Crippen LogP) is 5.29. The zero-order valence-corrected chi connectivity index (χ0v) is 19.7. The highest BCUT2D eigenvalue weighted by Gasteiger charge is 2.42. The first-order chi connectivity index (χ1) is 15.6. The molecule has 1 amide bonds. The molecule has 0 spiro atoms. The lowest BCUT2D eigenvalue weighted by molar-refractivity contribution is -0.120. The van der Waals surface area contributed by atoms with E-state index in [4.69, 9.17) is 16.3 Å². The van der Waals surface area contributed by atoms with Crippen molar-refractivity contribution in [2.45, 2.75) is 38.1 Å². The smallest absolute Gasteiger partial charge is 0.227 e. The fraction of sp³-hybridized carbons (Fsp3) is 0.423. The first kappa shape index (κ1) is 22.8. The number of benzene rings is 2. The van der Waals surface area contributed by atoms with Gasteiger partial charge in [0.05, 0.1) is 22.7 Å². The molecule has 0 saturated carbocycles. The number of halogens is 1. The number of anilines is 1. The summed E-state index contributed by atoms with van der Waals surface area (Å²) in [5, 5.41) is 1.96. The molecule has 3 aromatic rings. The Balaban J connectivity index is 1.47. The van der Waals surface area contributed by atoms with Crippen LogP contribution in [0, 0.1) is 0 Å². The average molecular weight is 454 g/mol. The molecule has 1 saturated heterocycles. The number of rotatable bonds is 8. The number of nitrogens with one attached hydrogen (secondary N) is 1. The number of amides is 1. The van der Waals surface area contributed by atoms with Gasteiger partial charge in [-0.25, -0.2) is 0 Å². The second-order valence-electron chi connectivity index (χ2n) is 8.64. The summed E-state index contributed by atoms with van der Waals surface area (Å²) in [7, 11) is 1.73. The van der Waals surface area contributed by atoms with Crippen molar-refractivity contribution in [3.05, 3.63) is 65.3 Å². The first-order valence-corrected chi connectivity index (χ1v) is 11.8. The van der Waals surface area contributed by atoms with Crippen LogP contribution in [0.25, 0.3) is 10.9 Å². The van der Waals surface area contributed by atoms with Gasteiger partial charge in [-0.2, -0.15) is 0 Å². The molecule has 4 rings (SSSR count). The van der Waals surface area contributed by atoms with E-state index in [0.717, 1.165) is 55.1 Å². The van der Waals surface area contributed by atoms with Crippen LogP contribution in [0.4, 0.5) is 5.69 Å². The zero-order valence-electron chi connectivity index (χ0n) is 18.9. The zero-order chi connectivity index (χ0) is 22.6. The Hall–Kier alpha value is -2.34. The largest absolute Gasteiger partial charge is 0.382 e. The first-order valence-electron chi connectivity index (χ1n) is 11.4. The van der Waals surface area contributed by atoms with Crippen LogP contribution in [0.2, 0.25) is 5.02 Å². The molecule has 2 heterocycles. The van der Waals surface area contributed by atoms with Gasteiger partial charge in [-0.15, -0.1) is 0 Å². The lowest BCUT2D eigenvalue weighted by Crippen LogP contribution is -2.60. The van der Waals surface area contributed by atoms with Gasteiger partial charge in [0.2, 0.25) is 5.91 Å². The molecule has 1 aliphatic heterocycles. The van der Waals surface area contributed by atoms with E-state index in [1.807, 2.05) is 54.3 Å². The van der Waals surface area contributed by atoms with Gasteiger partial charge in [-0.1, -0.05) is 48.9 Å². The third-order valence-electron chi connectivity index (χ3n) is 6.69. The number of hydrogen-bond donors (Lipinski definition) is 1. The maximum atomic E-state index is 13.0. The van der Waals surface area contributed by atoms with Gasteiger partial charge in [0, 0.05) is 50.4 Å². The Morgan fingerprint density at radius 2 is 1.91 bits per heavy atom. The molecule has 0 unspecified atom stereocenters. The van der Waals surface area contributed by atoms with Crippen molar-refractivity contribution in [3.63, 3.8) is 0 Å². The van der Waals surface area contributed by atoms with Crippen molar-refractivity contribution >= 4 is 34.1 Å². The van der Waals surface area contributed by atoms with Crippen LogP contribution in [0.1, 0.15) is 31.7 Å². The summed E-state index contributed by atoms with van der Waals surface area (Å²) in [5.41, 5.74) is 2.95. The molecule has 32 heavy (non-hydrogen) atoms. The van der Waals surface area contributed by atoms with Gasteiger partial charge < -0.3 is 19.5 Å². The van der Waals surface area contributed by atoms with Crippen LogP contribution < -0.4 is 4.90 Å². The van der Waals surface area contributed by atoms with Crippen molar-refractivity contribution in [2.75, 3.05) is 38.3 Å². The summed E-state index contributed by atoms with van der Waals surface area (Å²) in [5.74, 6) is 0.150. The summed E-state index contributed by atoms with van der Waals surface area (Å²) in [6.07, 6.45) is 5.30. The summed E-state index contributed by atoms with van der Waals surface area (Å²) in [6.45, 7) is 5.33. The average Bonchev–Trinajstić information content (AvgIpc) is 3.24. The maximum absolute atomic E-state index is 13.0. The van der Waals surface area contributed by atoms with E-state index < -0.39 is 0 Å². The molecule has 170 valence electrons. The summed E-state index contributed by atoms with van der Waals surface area (Å²) < 4.78 is 5.67. The van der Waals surface area contributed by atoms with Gasteiger partial charge in [0.15, 0.2) is 0 Å². The number of piperidine rings is 1. The molecular formula is C26H32ClN3O2. The minimum Gasteiger partial charge on any atom is -0.382 e. The molecule has 0 radical (unpaired) electrons. The molecule has 6 heteroatoms. The number of fused-ring (bicyclic) bond motifs is 1. The standard InChI is InChI=1S/C26H32ClN3O2/c1-3-24(31)30(21-8-5-4-6-9-21)26(19-32-2)13-16-29(17-14-26)15-12-20-18-28-25-22(20)10-7-11-23(25)27/h4-11,18,28H,3,12-17,19H2,1-2H3. The van der Waals surface area contributed by atoms with Gasteiger partial charge in [-0.3, -0.25) is 4.79 Å². The summed E-state index contributed by atoms with van der Waals surface area (Å²) >= 11 is 6.31. The van der Waals surface area contributed by atoms with E-state index in [-0.39, 0.29) is 11.4 Å². The molecule has 5 nitrogen and oxygen atoms in total. The van der Waals surface area contributed by atoms with Crippen molar-refractivity contribution < 1.29 is 9.53 Å². The van der Waals surface area contributed by atoms with E-state index in [9.17, 15) is 4.79 Å². The predicted molar refractivity (Wildman–Crippen MR) is 132 cm³/mol. The molecule has 0 aliphatic carbocycles. The molecule has 2 aromatic carbocycles. The number of carbonyl (C=O) groups excluding carboxylic acids is 1. The third-order valence-corrected chi connectivity index (χ3v) is 7.00. The Labute approximate surface area is 195 Å². The lowest BCUT2D eigenvalue weighted by Gasteiger charge is -2.48. The van der Waals surface area contributed by atoms with E-state index in [1.165, 1.54) is 10.9 Å². The molecule has 1 N–H and O–H groups in total. The summed E-state index contributed by atoms with van der Waals surface area (Å²) in [4.78, 5) is 20.9. The number of H-pyrrole nitrogens is 1. The van der Waals surface area contributed by atoms with Crippen LogP contribution in [-0.2, 0) is 16.0 Å². The van der Waals surface area contributed by atoms with Gasteiger partial charge >= 0.3 is 0 Å². The molecule has 1 fully saturated rings. The number of carbonyl (C=O) groups is 1. The number of hydrogen-bond acceptors (Lipinski definition) is 3. The number of ether oxygens (including phenoxy) is 1. The topological polar surface area (TPSA) is 48.6 Å². The Morgan fingerprint density at radius 1 is 1.16 bits per heavy atom. The van der Waals surface area contributed by atoms with E-state index in [0.29, 0.717) is 13.0 Å².